The predicted octanol–water partition coefficient (Wildman–Crippen LogP) is 3.14. The molecule has 0 radical (unpaired) electrons. The average molecular weight is 304 g/mol. The van der Waals surface area contributed by atoms with Crippen LogP contribution in [0.5, 0.6) is 0 Å². The van der Waals surface area contributed by atoms with E-state index in [0.717, 1.165) is 38.5 Å². The van der Waals surface area contributed by atoms with Crippen LogP contribution < -0.4 is 0 Å². The maximum absolute atomic E-state index is 13.0. The topological polar surface area (TPSA) is 54.4 Å². The van der Waals surface area contributed by atoms with E-state index in [-0.39, 0.29) is 22.9 Å². The number of aliphatic hydroxyl groups is 1. The lowest BCUT2D eigenvalue weighted by Gasteiger charge is -2.58. The van der Waals surface area contributed by atoms with Gasteiger partial charge >= 0.3 is 0 Å². The van der Waals surface area contributed by atoms with Crippen molar-refractivity contribution >= 4 is 11.6 Å². The number of carbonyl (C=O) groups is 2. The van der Waals surface area contributed by atoms with Gasteiger partial charge in [0.2, 0.25) is 0 Å². The number of ketones is 2. The maximum Gasteiger partial charge on any atom is 0.139 e. The van der Waals surface area contributed by atoms with Crippen LogP contribution in [-0.4, -0.2) is 22.8 Å². The molecule has 0 amide bonds. The van der Waals surface area contributed by atoms with Gasteiger partial charge in [-0.15, -0.1) is 0 Å². The number of hydrogen-bond donors (Lipinski definition) is 1. The van der Waals surface area contributed by atoms with E-state index in [1.807, 2.05) is 0 Å². The van der Waals surface area contributed by atoms with Crippen LogP contribution >= 0.6 is 0 Å². The quantitative estimate of drug-likeness (QED) is 0.748. The molecule has 22 heavy (non-hydrogen) atoms. The highest BCUT2D eigenvalue weighted by atomic mass is 16.3. The molecule has 0 aliphatic heterocycles. The van der Waals surface area contributed by atoms with Gasteiger partial charge in [-0.05, 0) is 61.7 Å². The lowest BCUT2D eigenvalue weighted by molar-refractivity contribution is -0.162. The summed E-state index contributed by atoms with van der Waals surface area (Å²) in [5.74, 6) is 2.14. The summed E-state index contributed by atoms with van der Waals surface area (Å²) in [6.07, 6.45) is 6.86. The Labute approximate surface area is 132 Å². The van der Waals surface area contributed by atoms with Crippen molar-refractivity contribution in [1.82, 2.24) is 0 Å². The Morgan fingerprint density at radius 3 is 2.64 bits per heavy atom. The van der Waals surface area contributed by atoms with E-state index in [1.54, 1.807) is 0 Å². The van der Waals surface area contributed by atoms with E-state index in [1.165, 1.54) is 0 Å². The zero-order valence-electron chi connectivity index (χ0n) is 13.8. The first-order valence-electron chi connectivity index (χ1n) is 9.10. The monoisotopic (exact) mass is 304 g/mol. The highest BCUT2D eigenvalue weighted by Gasteiger charge is 2.63. The van der Waals surface area contributed by atoms with Gasteiger partial charge in [-0.1, -0.05) is 13.8 Å². The molecule has 4 rings (SSSR count). The fourth-order valence-electron chi connectivity index (χ4n) is 6.83. The highest BCUT2D eigenvalue weighted by molar-refractivity contribution is 5.95. The van der Waals surface area contributed by atoms with E-state index in [9.17, 15) is 14.7 Å². The Bertz CT molecular complexity index is 527. The van der Waals surface area contributed by atoms with Crippen molar-refractivity contribution in [2.75, 3.05) is 0 Å². The Balaban J connectivity index is 1.71. The average Bonchev–Trinajstić information content (AvgIpc) is 2.75. The Kier molecular flexibility index (Phi) is 3.15. The van der Waals surface area contributed by atoms with Gasteiger partial charge in [0.25, 0.3) is 0 Å². The first-order valence-corrected chi connectivity index (χ1v) is 9.10. The molecule has 0 bridgehead atoms. The summed E-state index contributed by atoms with van der Waals surface area (Å²) in [5.41, 5.74) is -0.304. The van der Waals surface area contributed by atoms with Crippen LogP contribution in [0.15, 0.2) is 0 Å². The van der Waals surface area contributed by atoms with Gasteiger partial charge in [0.1, 0.15) is 11.6 Å². The summed E-state index contributed by atoms with van der Waals surface area (Å²) in [6.45, 7) is 4.36. The highest BCUT2D eigenvalue weighted by Crippen LogP contribution is 2.64. The molecule has 4 aliphatic carbocycles. The molecule has 3 heteroatoms. The van der Waals surface area contributed by atoms with Crippen molar-refractivity contribution in [1.29, 1.82) is 0 Å². The van der Waals surface area contributed by atoms with Gasteiger partial charge in [0.15, 0.2) is 0 Å². The summed E-state index contributed by atoms with van der Waals surface area (Å²) in [5, 5.41) is 10.0. The minimum absolute atomic E-state index is 0.0617. The second-order valence-electron chi connectivity index (χ2n) is 8.98. The lowest BCUT2D eigenvalue weighted by Crippen LogP contribution is -2.57. The van der Waals surface area contributed by atoms with Crippen LogP contribution in [0.3, 0.4) is 0 Å². The SMILES string of the molecule is CC12CC(=O)C3C(CCC4CC(O)CCC43C)C1CCC2=O. The zero-order valence-corrected chi connectivity index (χ0v) is 13.8. The molecular weight excluding hydrogens is 276 g/mol. The molecule has 7 unspecified atom stereocenters. The summed E-state index contributed by atoms with van der Waals surface area (Å²) >= 11 is 0. The number of carbonyl (C=O) groups excluding carboxylic acids is 2. The fraction of sp³-hybridized carbons (Fsp3) is 0.895. The van der Waals surface area contributed by atoms with Gasteiger partial charge in [-0.3, -0.25) is 9.59 Å². The number of Topliss-reactive ketones (excluding diaryl/α,β-unsaturated/α-hetero) is 2. The first kappa shape index (κ1) is 14.9. The Morgan fingerprint density at radius 1 is 1.09 bits per heavy atom. The molecule has 4 fully saturated rings. The van der Waals surface area contributed by atoms with E-state index in [4.69, 9.17) is 0 Å². The Morgan fingerprint density at radius 2 is 1.86 bits per heavy atom. The number of aliphatic hydroxyl groups excluding tert-OH is 1. The molecule has 0 saturated heterocycles. The molecule has 4 saturated carbocycles. The van der Waals surface area contributed by atoms with Crippen LogP contribution in [0.2, 0.25) is 0 Å². The molecule has 0 heterocycles. The van der Waals surface area contributed by atoms with Crippen LogP contribution in [0.1, 0.15) is 65.2 Å². The molecule has 0 aromatic heterocycles. The third kappa shape index (κ3) is 1.78. The van der Waals surface area contributed by atoms with Crippen LogP contribution in [0.4, 0.5) is 0 Å². The molecule has 7 atom stereocenters. The van der Waals surface area contributed by atoms with Crippen molar-refractivity contribution in [2.45, 2.75) is 71.3 Å². The van der Waals surface area contributed by atoms with E-state index < -0.39 is 0 Å². The normalized spacial score (nSPS) is 54.6. The number of fused-ring (bicyclic) bond motifs is 5. The van der Waals surface area contributed by atoms with Gasteiger partial charge in [-0.2, -0.15) is 0 Å². The van der Waals surface area contributed by atoms with Crippen LogP contribution in [0.25, 0.3) is 0 Å². The molecule has 122 valence electrons. The minimum atomic E-state index is -0.365. The summed E-state index contributed by atoms with van der Waals surface area (Å²) < 4.78 is 0. The third-order valence-corrected chi connectivity index (χ3v) is 8.04. The standard InChI is InChI=1S/C19H28O3/c1-18-8-7-12(20)9-11(18)3-4-13-14-5-6-16(22)19(14,2)10-15(21)17(13)18/h11-14,17,20H,3-10H2,1-2H3. The molecule has 4 aliphatic rings. The summed E-state index contributed by atoms with van der Waals surface area (Å²) in [7, 11) is 0. The molecule has 0 aromatic rings. The lowest BCUT2D eigenvalue weighted by atomic mass is 9.45. The van der Waals surface area contributed by atoms with E-state index in [0.29, 0.717) is 42.2 Å². The van der Waals surface area contributed by atoms with Gasteiger partial charge in [0.05, 0.1) is 6.10 Å². The van der Waals surface area contributed by atoms with Crippen LogP contribution in [-0.2, 0) is 9.59 Å². The largest absolute Gasteiger partial charge is 0.393 e. The van der Waals surface area contributed by atoms with Crippen molar-refractivity contribution in [2.24, 2.45) is 34.5 Å². The second-order valence-corrected chi connectivity index (χ2v) is 8.98. The van der Waals surface area contributed by atoms with Crippen molar-refractivity contribution < 1.29 is 14.7 Å². The molecule has 0 aromatic carbocycles. The predicted molar refractivity (Wildman–Crippen MR) is 83.1 cm³/mol. The Hall–Kier alpha value is -0.700. The number of rotatable bonds is 0. The zero-order chi connectivity index (χ0) is 15.7. The van der Waals surface area contributed by atoms with E-state index in [2.05, 4.69) is 13.8 Å². The summed E-state index contributed by atoms with van der Waals surface area (Å²) in [6, 6.07) is 0. The molecular formula is C19H28O3. The molecule has 1 N–H and O–H groups in total. The smallest absolute Gasteiger partial charge is 0.139 e. The number of hydrogen-bond acceptors (Lipinski definition) is 3. The van der Waals surface area contributed by atoms with Crippen molar-refractivity contribution in [3.63, 3.8) is 0 Å². The molecule has 0 spiro atoms. The van der Waals surface area contributed by atoms with Crippen molar-refractivity contribution in [3.05, 3.63) is 0 Å². The minimum Gasteiger partial charge on any atom is -0.393 e. The van der Waals surface area contributed by atoms with Crippen LogP contribution in [0, 0.1) is 34.5 Å². The van der Waals surface area contributed by atoms with E-state index >= 15 is 0 Å². The third-order valence-electron chi connectivity index (χ3n) is 8.04. The van der Waals surface area contributed by atoms with Gasteiger partial charge in [-0.25, -0.2) is 0 Å². The van der Waals surface area contributed by atoms with Crippen molar-refractivity contribution in [3.8, 4) is 0 Å². The summed E-state index contributed by atoms with van der Waals surface area (Å²) in [4.78, 5) is 25.4. The maximum atomic E-state index is 13.0. The second kappa shape index (κ2) is 4.66. The van der Waals surface area contributed by atoms with Gasteiger partial charge < -0.3 is 5.11 Å². The first-order chi connectivity index (χ1) is 10.4. The fourth-order valence-corrected chi connectivity index (χ4v) is 6.83. The molecule has 3 nitrogen and oxygen atoms in total. The van der Waals surface area contributed by atoms with Gasteiger partial charge in [0, 0.05) is 24.2 Å².